The minimum atomic E-state index is -0.365. The van der Waals surface area contributed by atoms with Crippen molar-refractivity contribution in [3.63, 3.8) is 0 Å². The molecule has 1 aromatic heterocycles. The Kier molecular flexibility index (Phi) is 8.87. The molecule has 0 saturated heterocycles. The largest absolute Gasteiger partial charge is 0.322 e. The van der Waals surface area contributed by atoms with Crippen LogP contribution < -0.4 is 5.32 Å². The second kappa shape index (κ2) is 12.0. The van der Waals surface area contributed by atoms with Crippen molar-refractivity contribution < 1.29 is 9.18 Å². The summed E-state index contributed by atoms with van der Waals surface area (Å²) in [6, 6.07) is 15.0. The molecule has 0 atom stereocenters. The van der Waals surface area contributed by atoms with Crippen LogP contribution in [0.2, 0.25) is 5.02 Å². The zero-order valence-corrected chi connectivity index (χ0v) is 20.9. The first-order valence-electron chi connectivity index (χ1n) is 11.1. The van der Waals surface area contributed by atoms with Gasteiger partial charge in [0.25, 0.3) is 5.91 Å². The van der Waals surface area contributed by atoms with Gasteiger partial charge >= 0.3 is 0 Å². The van der Waals surface area contributed by atoms with Crippen LogP contribution in [0.15, 0.2) is 95.8 Å². The van der Waals surface area contributed by atoms with E-state index in [2.05, 4.69) is 15.3 Å². The molecule has 3 rings (SSSR count). The molecule has 1 heterocycles. The molecule has 2 aromatic carbocycles. The van der Waals surface area contributed by atoms with Crippen molar-refractivity contribution in [2.45, 2.75) is 27.7 Å². The number of nitrogens with one attached hydrogen (secondary N) is 1. The lowest BCUT2D eigenvalue weighted by Gasteiger charge is -2.12. The van der Waals surface area contributed by atoms with E-state index in [4.69, 9.17) is 11.6 Å². The van der Waals surface area contributed by atoms with Gasteiger partial charge in [-0.1, -0.05) is 48.0 Å². The Morgan fingerprint density at radius 3 is 2.49 bits per heavy atom. The number of carbonyl (C=O) groups is 1. The smallest absolute Gasteiger partial charge is 0.257 e. The number of aliphatic imine (C=N–C) groups is 1. The van der Waals surface area contributed by atoms with Crippen molar-refractivity contribution in [3.05, 3.63) is 124 Å². The van der Waals surface area contributed by atoms with Crippen molar-refractivity contribution in [1.29, 1.82) is 0 Å². The maximum atomic E-state index is 13.2. The van der Waals surface area contributed by atoms with Gasteiger partial charge in [-0.05, 0) is 75.2 Å². The molecule has 0 bridgehead atoms. The van der Waals surface area contributed by atoms with Gasteiger partial charge in [0.15, 0.2) is 0 Å². The maximum absolute atomic E-state index is 13.2. The Morgan fingerprint density at radius 1 is 1.09 bits per heavy atom. The van der Waals surface area contributed by atoms with E-state index >= 15 is 0 Å². The highest BCUT2D eigenvalue weighted by Crippen LogP contribution is 2.25. The third kappa shape index (κ3) is 6.84. The molecular weight excluding hydrogens is 461 g/mol. The quantitative estimate of drug-likeness (QED) is 0.273. The second-order valence-corrected chi connectivity index (χ2v) is 8.34. The van der Waals surface area contributed by atoms with Crippen molar-refractivity contribution in [2.24, 2.45) is 4.99 Å². The van der Waals surface area contributed by atoms with Crippen LogP contribution in [0.5, 0.6) is 0 Å². The molecule has 1 N–H and O–H groups in total. The molecule has 0 fully saturated rings. The first-order valence-corrected chi connectivity index (χ1v) is 11.5. The molecule has 3 aromatic rings. The van der Waals surface area contributed by atoms with Gasteiger partial charge in [0.05, 0.1) is 11.3 Å². The summed E-state index contributed by atoms with van der Waals surface area (Å²) in [6.07, 6.45) is 9.33. The molecule has 0 aliphatic carbocycles. The summed E-state index contributed by atoms with van der Waals surface area (Å²) >= 11 is 6.30. The molecule has 0 aliphatic rings. The number of hydrogen-bond acceptors (Lipinski definition) is 3. The monoisotopic (exact) mass is 487 g/mol. The number of carbonyl (C=O) groups excluding carboxylic acids is 1. The summed E-state index contributed by atoms with van der Waals surface area (Å²) in [5.41, 5.74) is 5.74. The lowest BCUT2D eigenvalue weighted by molar-refractivity contribution is 0.102. The van der Waals surface area contributed by atoms with E-state index in [9.17, 15) is 9.18 Å². The Hall–Kier alpha value is -3.83. The number of allylic oxidation sites excluding steroid dienone is 5. The van der Waals surface area contributed by atoms with E-state index in [0.29, 0.717) is 22.0 Å². The molecular formula is C29H27ClFN3O. The number of benzene rings is 2. The number of rotatable bonds is 7. The van der Waals surface area contributed by atoms with Crippen LogP contribution in [0.4, 0.5) is 10.1 Å². The van der Waals surface area contributed by atoms with E-state index < -0.39 is 0 Å². The highest BCUT2D eigenvalue weighted by atomic mass is 35.5. The summed E-state index contributed by atoms with van der Waals surface area (Å²) in [5.74, 6) is -0.681. The summed E-state index contributed by atoms with van der Waals surface area (Å²) < 4.78 is 13.2. The second-order valence-electron chi connectivity index (χ2n) is 7.93. The Balaban J connectivity index is 1.95. The molecule has 0 spiro atoms. The van der Waals surface area contributed by atoms with Crippen molar-refractivity contribution >= 4 is 34.5 Å². The average molecular weight is 488 g/mol. The molecule has 6 heteroatoms. The summed E-state index contributed by atoms with van der Waals surface area (Å²) in [6.45, 7) is 7.57. The number of anilines is 1. The molecule has 0 radical (unpaired) electrons. The Labute approximate surface area is 210 Å². The zero-order valence-electron chi connectivity index (χ0n) is 20.1. The summed E-state index contributed by atoms with van der Waals surface area (Å²) in [5, 5.41) is 3.44. The van der Waals surface area contributed by atoms with Gasteiger partial charge in [-0.25, -0.2) is 4.39 Å². The fraction of sp³-hybridized carbons (Fsp3) is 0.138. The highest BCUT2D eigenvalue weighted by molar-refractivity contribution is 6.34. The topological polar surface area (TPSA) is 54.4 Å². The van der Waals surface area contributed by atoms with Crippen LogP contribution in [0.25, 0.3) is 5.57 Å². The zero-order chi connectivity index (χ0) is 25.4. The van der Waals surface area contributed by atoms with E-state index in [-0.39, 0.29) is 11.7 Å². The summed E-state index contributed by atoms with van der Waals surface area (Å²) in [7, 11) is 0. The number of halogens is 2. The van der Waals surface area contributed by atoms with Crippen molar-refractivity contribution in [1.82, 2.24) is 4.98 Å². The first kappa shape index (κ1) is 25.8. The minimum absolute atomic E-state index is 0.317. The van der Waals surface area contributed by atoms with Gasteiger partial charge in [0, 0.05) is 39.9 Å². The van der Waals surface area contributed by atoms with Gasteiger partial charge in [-0.15, -0.1) is 0 Å². The highest BCUT2D eigenvalue weighted by Gasteiger charge is 2.14. The molecule has 0 unspecified atom stereocenters. The molecule has 35 heavy (non-hydrogen) atoms. The van der Waals surface area contributed by atoms with Gasteiger partial charge in [0.2, 0.25) is 0 Å². The van der Waals surface area contributed by atoms with Crippen LogP contribution in [-0.4, -0.2) is 16.6 Å². The van der Waals surface area contributed by atoms with Crippen LogP contribution in [0.1, 0.15) is 48.0 Å². The lowest BCUT2D eigenvalue weighted by Crippen LogP contribution is -2.14. The molecule has 4 nitrogen and oxygen atoms in total. The Bertz CT molecular complexity index is 1340. The number of pyridine rings is 1. The van der Waals surface area contributed by atoms with E-state index in [1.807, 2.05) is 63.3 Å². The molecule has 1 amide bonds. The number of aromatic nitrogens is 1. The fourth-order valence-electron chi connectivity index (χ4n) is 3.38. The third-order valence-electron chi connectivity index (χ3n) is 5.34. The predicted octanol–water partition coefficient (Wildman–Crippen LogP) is 7.81. The number of aryl methyl sites for hydroxylation is 1. The molecule has 178 valence electrons. The molecule has 0 saturated carbocycles. The number of nitrogens with zero attached hydrogens (tertiary/aromatic N) is 2. The van der Waals surface area contributed by atoms with Crippen LogP contribution in [0.3, 0.4) is 0 Å². The average Bonchev–Trinajstić information content (AvgIpc) is 2.85. The van der Waals surface area contributed by atoms with Crippen molar-refractivity contribution in [2.75, 3.05) is 5.32 Å². The van der Waals surface area contributed by atoms with Gasteiger partial charge in [-0.2, -0.15) is 0 Å². The van der Waals surface area contributed by atoms with Crippen LogP contribution in [-0.2, 0) is 0 Å². The minimum Gasteiger partial charge on any atom is -0.322 e. The van der Waals surface area contributed by atoms with E-state index in [1.165, 1.54) is 24.3 Å². The first-order chi connectivity index (χ1) is 16.8. The number of amides is 1. The fourth-order valence-corrected chi connectivity index (χ4v) is 3.65. The predicted molar refractivity (Wildman–Crippen MR) is 144 cm³/mol. The SMILES string of the molecule is C\C=C/C=C(\C(C)=C\N=C(/C)c1ccccc1Cl)c1cnc(C)c(C(=O)Nc2ccc(F)cc2)c1. The van der Waals surface area contributed by atoms with Gasteiger partial charge in [0.1, 0.15) is 5.82 Å². The Morgan fingerprint density at radius 2 is 1.80 bits per heavy atom. The number of hydrogen-bond donors (Lipinski definition) is 1. The van der Waals surface area contributed by atoms with Crippen LogP contribution >= 0.6 is 11.6 Å². The van der Waals surface area contributed by atoms with E-state index in [0.717, 1.165) is 28.0 Å². The van der Waals surface area contributed by atoms with Crippen molar-refractivity contribution in [3.8, 4) is 0 Å². The third-order valence-corrected chi connectivity index (χ3v) is 5.67. The van der Waals surface area contributed by atoms with Crippen LogP contribution in [0, 0.1) is 12.7 Å². The maximum Gasteiger partial charge on any atom is 0.257 e. The normalized spacial score (nSPS) is 12.8. The van der Waals surface area contributed by atoms with Gasteiger partial charge < -0.3 is 5.32 Å². The van der Waals surface area contributed by atoms with Gasteiger partial charge in [-0.3, -0.25) is 14.8 Å². The van der Waals surface area contributed by atoms with E-state index in [1.54, 1.807) is 25.4 Å². The summed E-state index contributed by atoms with van der Waals surface area (Å²) in [4.78, 5) is 22.0. The standard InChI is InChI=1S/C29H27ClFN3O/c1-5-6-9-25(19(2)17-32-20(3)26-10-7-8-11-28(26)30)22-16-27(21(4)33-18-22)29(35)34-24-14-12-23(31)13-15-24/h5-18H,1-4H3,(H,34,35)/b6-5-,19-17+,25-9+,32-20+. The molecule has 0 aliphatic heterocycles. The lowest BCUT2D eigenvalue weighted by atomic mass is 9.98.